The number of amides is 1. The number of nitrogens with zero attached hydrogens (tertiary/aromatic N) is 2. The second-order valence-electron chi connectivity index (χ2n) is 5.14. The maximum atomic E-state index is 12.4. The van der Waals surface area contributed by atoms with Crippen LogP contribution in [-0.4, -0.2) is 45.1 Å². The summed E-state index contributed by atoms with van der Waals surface area (Å²) in [6.45, 7) is 2.47. The molecule has 0 aliphatic carbocycles. The highest BCUT2D eigenvalue weighted by atomic mass is 16.4. The van der Waals surface area contributed by atoms with Gasteiger partial charge in [0.25, 0.3) is 5.91 Å². The molecule has 0 bridgehead atoms. The normalized spacial score (nSPS) is 22.6. The summed E-state index contributed by atoms with van der Waals surface area (Å²) in [6, 6.07) is 2.93. The number of aromatic nitrogens is 1. The minimum atomic E-state index is -0.891. The van der Waals surface area contributed by atoms with E-state index in [4.69, 9.17) is 0 Å². The largest absolute Gasteiger partial charge is 0.505 e. The fourth-order valence-corrected chi connectivity index (χ4v) is 2.63. The number of hydrogen-bond donors (Lipinski definition) is 2. The number of hydrogen-bond acceptors (Lipinski definition) is 4. The van der Waals surface area contributed by atoms with E-state index in [0.717, 1.165) is 0 Å². The first-order chi connectivity index (χ1) is 9.50. The first-order valence-electron chi connectivity index (χ1n) is 6.67. The zero-order valence-corrected chi connectivity index (χ0v) is 11.4. The van der Waals surface area contributed by atoms with Crippen molar-refractivity contribution in [3.8, 4) is 5.75 Å². The third kappa shape index (κ3) is 2.45. The van der Waals surface area contributed by atoms with Crippen molar-refractivity contribution in [1.29, 1.82) is 0 Å². The van der Waals surface area contributed by atoms with Crippen molar-refractivity contribution >= 4 is 11.9 Å². The van der Waals surface area contributed by atoms with Gasteiger partial charge in [0.05, 0.1) is 5.41 Å². The van der Waals surface area contributed by atoms with Crippen LogP contribution >= 0.6 is 0 Å². The lowest BCUT2D eigenvalue weighted by Crippen LogP contribution is -2.49. The molecule has 0 aromatic carbocycles. The third-order valence-electron chi connectivity index (χ3n) is 3.98. The topological polar surface area (TPSA) is 90.7 Å². The van der Waals surface area contributed by atoms with E-state index in [9.17, 15) is 19.8 Å². The van der Waals surface area contributed by atoms with E-state index in [1.165, 1.54) is 23.2 Å². The van der Waals surface area contributed by atoms with Gasteiger partial charge < -0.3 is 15.1 Å². The van der Waals surface area contributed by atoms with Crippen LogP contribution in [0.2, 0.25) is 0 Å². The van der Waals surface area contributed by atoms with E-state index in [1.807, 2.05) is 6.92 Å². The summed E-state index contributed by atoms with van der Waals surface area (Å²) in [7, 11) is 0. The van der Waals surface area contributed by atoms with E-state index in [0.29, 0.717) is 25.8 Å². The number of aromatic hydroxyl groups is 1. The zero-order chi connectivity index (χ0) is 14.8. The molecule has 1 aromatic rings. The van der Waals surface area contributed by atoms with Gasteiger partial charge in [0.15, 0.2) is 5.69 Å². The van der Waals surface area contributed by atoms with Crippen molar-refractivity contribution in [3.63, 3.8) is 0 Å². The highest BCUT2D eigenvalue weighted by molar-refractivity contribution is 5.95. The highest BCUT2D eigenvalue weighted by Crippen LogP contribution is 2.34. The Kier molecular flexibility index (Phi) is 3.92. The van der Waals surface area contributed by atoms with Crippen LogP contribution < -0.4 is 0 Å². The third-order valence-corrected chi connectivity index (χ3v) is 3.98. The summed E-state index contributed by atoms with van der Waals surface area (Å²) in [5.74, 6) is -1.47. The van der Waals surface area contributed by atoms with Gasteiger partial charge in [-0.25, -0.2) is 4.98 Å². The molecule has 108 valence electrons. The molecule has 0 spiro atoms. The van der Waals surface area contributed by atoms with Crippen LogP contribution in [0.25, 0.3) is 0 Å². The van der Waals surface area contributed by atoms with Crippen LogP contribution in [-0.2, 0) is 4.79 Å². The van der Waals surface area contributed by atoms with E-state index < -0.39 is 17.3 Å². The van der Waals surface area contributed by atoms with E-state index in [-0.39, 0.29) is 18.0 Å². The monoisotopic (exact) mass is 278 g/mol. The lowest BCUT2D eigenvalue weighted by Gasteiger charge is -2.39. The summed E-state index contributed by atoms with van der Waals surface area (Å²) in [4.78, 5) is 29.2. The predicted octanol–water partition coefficient (Wildman–Crippen LogP) is 1.50. The average molecular weight is 278 g/mol. The Labute approximate surface area is 117 Å². The van der Waals surface area contributed by atoms with Gasteiger partial charge in [-0.05, 0) is 31.4 Å². The predicted molar refractivity (Wildman–Crippen MR) is 71.4 cm³/mol. The van der Waals surface area contributed by atoms with Gasteiger partial charge >= 0.3 is 5.97 Å². The molecule has 0 saturated carbocycles. The first kappa shape index (κ1) is 14.3. The fraction of sp³-hybridized carbons (Fsp3) is 0.500. The Morgan fingerprint density at radius 2 is 2.25 bits per heavy atom. The van der Waals surface area contributed by atoms with Crippen molar-refractivity contribution in [2.75, 3.05) is 13.1 Å². The molecule has 1 atom stereocenters. The van der Waals surface area contributed by atoms with Gasteiger partial charge in [-0.2, -0.15) is 0 Å². The van der Waals surface area contributed by atoms with Crippen molar-refractivity contribution in [3.05, 3.63) is 24.0 Å². The highest BCUT2D eigenvalue weighted by Gasteiger charge is 2.42. The van der Waals surface area contributed by atoms with Gasteiger partial charge in [-0.3, -0.25) is 9.59 Å². The lowest BCUT2D eigenvalue weighted by molar-refractivity contribution is -0.152. The molecule has 1 amide bonds. The fourth-order valence-electron chi connectivity index (χ4n) is 2.63. The molecule has 1 saturated heterocycles. The maximum absolute atomic E-state index is 12.4. The molecule has 1 aliphatic rings. The number of pyridine rings is 1. The number of carboxylic acid groups (broad SMARTS) is 1. The number of carbonyl (C=O) groups excluding carboxylic acids is 1. The van der Waals surface area contributed by atoms with Crippen LogP contribution in [0.15, 0.2) is 18.3 Å². The Bertz CT molecular complexity index is 532. The summed E-state index contributed by atoms with van der Waals surface area (Å²) in [5.41, 5.74) is -0.914. The van der Waals surface area contributed by atoms with Gasteiger partial charge in [0.1, 0.15) is 5.75 Å². The Morgan fingerprint density at radius 1 is 1.50 bits per heavy atom. The molecule has 1 fully saturated rings. The standard InChI is InChI=1S/C14H18N2O4/c1-2-14(13(19)20)6-4-8-16(9-14)12(18)11-10(17)5-3-7-15-11/h3,5,7,17H,2,4,6,8-9H2,1H3,(H,19,20). The number of rotatable bonds is 3. The van der Waals surface area contributed by atoms with Crippen LogP contribution in [0, 0.1) is 5.41 Å². The van der Waals surface area contributed by atoms with Gasteiger partial charge in [0, 0.05) is 19.3 Å². The van der Waals surface area contributed by atoms with Crippen LogP contribution in [0.4, 0.5) is 0 Å². The number of carbonyl (C=O) groups is 2. The van der Waals surface area contributed by atoms with Gasteiger partial charge in [0.2, 0.25) is 0 Å². The molecule has 2 rings (SSSR count). The van der Waals surface area contributed by atoms with Crippen molar-refractivity contribution in [2.24, 2.45) is 5.41 Å². The second-order valence-corrected chi connectivity index (χ2v) is 5.14. The Balaban J connectivity index is 2.23. The molecular formula is C14H18N2O4. The number of piperidine rings is 1. The molecule has 1 aromatic heterocycles. The van der Waals surface area contributed by atoms with Gasteiger partial charge in [-0.1, -0.05) is 6.92 Å². The van der Waals surface area contributed by atoms with Crippen molar-refractivity contribution in [2.45, 2.75) is 26.2 Å². The zero-order valence-electron chi connectivity index (χ0n) is 11.4. The molecule has 6 heteroatoms. The number of carboxylic acids is 1. The van der Waals surface area contributed by atoms with Crippen LogP contribution in [0.5, 0.6) is 5.75 Å². The Morgan fingerprint density at radius 3 is 2.85 bits per heavy atom. The number of aliphatic carboxylic acids is 1. The van der Waals surface area contributed by atoms with Crippen molar-refractivity contribution < 1.29 is 19.8 Å². The molecule has 2 N–H and O–H groups in total. The smallest absolute Gasteiger partial charge is 0.311 e. The van der Waals surface area contributed by atoms with E-state index in [1.54, 1.807) is 0 Å². The minimum Gasteiger partial charge on any atom is -0.505 e. The van der Waals surface area contributed by atoms with E-state index >= 15 is 0 Å². The minimum absolute atomic E-state index is 0.0233. The maximum Gasteiger partial charge on any atom is 0.311 e. The average Bonchev–Trinajstić information content (AvgIpc) is 2.47. The molecule has 20 heavy (non-hydrogen) atoms. The Hall–Kier alpha value is -2.11. The van der Waals surface area contributed by atoms with Crippen LogP contribution in [0.3, 0.4) is 0 Å². The summed E-state index contributed by atoms with van der Waals surface area (Å²) in [5, 5.41) is 19.1. The molecule has 1 unspecified atom stereocenters. The summed E-state index contributed by atoms with van der Waals surface area (Å²) < 4.78 is 0. The SMILES string of the molecule is CCC1(C(=O)O)CCCN(C(=O)c2ncccc2O)C1. The van der Waals surface area contributed by atoms with Crippen molar-refractivity contribution in [1.82, 2.24) is 9.88 Å². The first-order valence-corrected chi connectivity index (χ1v) is 6.67. The number of likely N-dealkylation sites (tertiary alicyclic amines) is 1. The molecule has 2 heterocycles. The molecule has 1 aliphatic heterocycles. The lowest BCUT2D eigenvalue weighted by atomic mass is 9.77. The summed E-state index contributed by atoms with van der Waals surface area (Å²) >= 11 is 0. The molecular weight excluding hydrogens is 260 g/mol. The summed E-state index contributed by atoms with van der Waals surface area (Å²) in [6.07, 6.45) is 3.11. The van der Waals surface area contributed by atoms with E-state index in [2.05, 4.69) is 4.98 Å². The van der Waals surface area contributed by atoms with Crippen LogP contribution in [0.1, 0.15) is 36.7 Å². The van der Waals surface area contributed by atoms with Gasteiger partial charge in [-0.15, -0.1) is 0 Å². The molecule has 0 radical (unpaired) electrons. The quantitative estimate of drug-likeness (QED) is 0.874. The molecule has 6 nitrogen and oxygen atoms in total. The second kappa shape index (κ2) is 5.48.